The molecule has 0 saturated carbocycles. The van der Waals surface area contributed by atoms with E-state index in [1.165, 1.54) is 12.8 Å². The smallest absolute Gasteiger partial charge is 0.0200 e. The Balaban J connectivity index is 1.92. The third-order valence-corrected chi connectivity index (χ3v) is 3.61. The molecule has 0 radical (unpaired) electrons. The summed E-state index contributed by atoms with van der Waals surface area (Å²) >= 11 is 0. The van der Waals surface area contributed by atoms with E-state index in [0.717, 1.165) is 19.0 Å². The maximum absolute atomic E-state index is 3.60. The summed E-state index contributed by atoms with van der Waals surface area (Å²) in [7, 11) is 4.30. The maximum Gasteiger partial charge on any atom is 0.0200 e. The van der Waals surface area contributed by atoms with Crippen LogP contribution >= 0.6 is 0 Å². The minimum atomic E-state index is 0.619. The van der Waals surface area contributed by atoms with Gasteiger partial charge in [0.05, 0.1) is 0 Å². The van der Waals surface area contributed by atoms with Crippen molar-refractivity contribution in [3.05, 3.63) is 35.4 Å². The highest BCUT2D eigenvalue weighted by atomic mass is 15.1. The van der Waals surface area contributed by atoms with Crippen molar-refractivity contribution in [2.75, 3.05) is 27.2 Å². The first kappa shape index (κ1) is 12.6. The van der Waals surface area contributed by atoms with Crippen molar-refractivity contribution in [2.24, 2.45) is 0 Å². The van der Waals surface area contributed by atoms with Crippen molar-refractivity contribution in [1.29, 1.82) is 0 Å². The van der Waals surface area contributed by atoms with Gasteiger partial charge in [-0.2, -0.15) is 0 Å². The molecular formula is C15H24N2. The van der Waals surface area contributed by atoms with Gasteiger partial charge in [0.1, 0.15) is 0 Å². The summed E-state index contributed by atoms with van der Waals surface area (Å²) in [5, 5.41) is 3.60. The van der Waals surface area contributed by atoms with Crippen molar-refractivity contribution in [2.45, 2.75) is 31.7 Å². The van der Waals surface area contributed by atoms with Crippen molar-refractivity contribution in [1.82, 2.24) is 10.2 Å². The van der Waals surface area contributed by atoms with Crippen molar-refractivity contribution >= 4 is 0 Å². The Bertz CT molecular complexity index is 360. The van der Waals surface area contributed by atoms with Gasteiger partial charge in [-0.05, 0) is 50.5 Å². The lowest BCUT2D eigenvalue weighted by Gasteiger charge is -2.34. The van der Waals surface area contributed by atoms with E-state index in [9.17, 15) is 0 Å². The van der Waals surface area contributed by atoms with Gasteiger partial charge < -0.3 is 10.2 Å². The number of nitrogens with zero attached hydrogens (tertiary/aromatic N) is 1. The Morgan fingerprint density at radius 1 is 1.35 bits per heavy atom. The minimum Gasteiger partial charge on any atom is -0.313 e. The molecule has 94 valence electrons. The molecule has 1 N–H and O–H groups in total. The summed E-state index contributed by atoms with van der Waals surface area (Å²) < 4.78 is 0. The van der Waals surface area contributed by atoms with Crippen LogP contribution in [0.3, 0.4) is 0 Å². The fourth-order valence-corrected chi connectivity index (χ4v) is 2.87. The molecule has 17 heavy (non-hydrogen) atoms. The number of nitrogens with one attached hydrogen (secondary N) is 1. The second-order valence-corrected chi connectivity index (χ2v) is 5.35. The second kappa shape index (κ2) is 5.65. The van der Waals surface area contributed by atoms with Gasteiger partial charge in [-0.25, -0.2) is 0 Å². The number of rotatable bonds is 6. The van der Waals surface area contributed by atoms with Gasteiger partial charge in [0.2, 0.25) is 0 Å². The topological polar surface area (TPSA) is 15.3 Å². The predicted molar refractivity (Wildman–Crippen MR) is 73.5 cm³/mol. The van der Waals surface area contributed by atoms with E-state index < -0.39 is 0 Å². The van der Waals surface area contributed by atoms with E-state index in [0.29, 0.717) is 6.04 Å². The molecule has 2 nitrogen and oxygen atoms in total. The molecule has 0 spiro atoms. The van der Waals surface area contributed by atoms with Crippen LogP contribution in [-0.2, 0) is 6.42 Å². The van der Waals surface area contributed by atoms with Crippen LogP contribution in [-0.4, -0.2) is 38.1 Å². The molecule has 2 rings (SSSR count). The fourth-order valence-electron chi connectivity index (χ4n) is 2.87. The highest BCUT2D eigenvalue weighted by Crippen LogP contribution is 2.37. The first-order valence-corrected chi connectivity index (χ1v) is 6.66. The molecule has 1 aromatic carbocycles. The molecule has 1 aromatic rings. The molecule has 0 amide bonds. The second-order valence-electron chi connectivity index (χ2n) is 5.35. The Morgan fingerprint density at radius 2 is 2.12 bits per heavy atom. The van der Waals surface area contributed by atoms with Crippen LogP contribution in [0.4, 0.5) is 0 Å². The summed E-state index contributed by atoms with van der Waals surface area (Å²) in [5.41, 5.74) is 3.13. The summed E-state index contributed by atoms with van der Waals surface area (Å²) in [6.45, 7) is 4.39. The normalized spacial score (nSPS) is 19.9. The number of likely N-dealkylation sites (N-methyl/N-ethyl adjacent to an activating group) is 2. The van der Waals surface area contributed by atoms with Gasteiger partial charge in [-0.1, -0.05) is 31.2 Å². The Morgan fingerprint density at radius 3 is 2.76 bits per heavy atom. The Labute approximate surface area is 105 Å². The largest absolute Gasteiger partial charge is 0.313 e. The molecule has 0 aliphatic heterocycles. The Hall–Kier alpha value is -0.860. The molecule has 2 heteroatoms. The summed E-state index contributed by atoms with van der Waals surface area (Å²) in [6, 6.07) is 9.49. The fraction of sp³-hybridized carbons (Fsp3) is 0.600. The zero-order valence-corrected chi connectivity index (χ0v) is 11.2. The molecule has 0 heterocycles. The highest BCUT2D eigenvalue weighted by Gasteiger charge is 2.27. The summed E-state index contributed by atoms with van der Waals surface area (Å²) in [4.78, 5) is 2.28. The summed E-state index contributed by atoms with van der Waals surface area (Å²) in [6.07, 6.45) is 2.54. The molecule has 0 saturated heterocycles. The Kier molecular flexibility index (Phi) is 4.19. The molecule has 0 bridgehead atoms. The van der Waals surface area contributed by atoms with Crippen LogP contribution < -0.4 is 5.32 Å². The molecule has 0 fully saturated rings. The summed E-state index contributed by atoms with van der Waals surface area (Å²) in [5.74, 6) is 0.773. The van der Waals surface area contributed by atoms with Crippen LogP contribution in [0.15, 0.2) is 24.3 Å². The van der Waals surface area contributed by atoms with E-state index >= 15 is 0 Å². The monoisotopic (exact) mass is 232 g/mol. The average molecular weight is 232 g/mol. The van der Waals surface area contributed by atoms with Gasteiger partial charge in [-0.15, -0.1) is 0 Å². The average Bonchev–Trinajstić information content (AvgIpc) is 2.25. The maximum atomic E-state index is 3.60. The first-order valence-electron chi connectivity index (χ1n) is 6.66. The van der Waals surface area contributed by atoms with Crippen LogP contribution in [0, 0.1) is 0 Å². The van der Waals surface area contributed by atoms with Gasteiger partial charge in [-0.3, -0.25) is 0 Å². The first-order chi connectivity index (χ1) is 8.20. The van der Waals surface area contributed by atoms with E-state index in [1.807, 2.05) is 0 Å². The third-order valence-electron chi connectivity index (χ3n) is 3.61. The molecule has 1 aliphatic carbocycles. The van der Waals surface area contributed by atoms with Gasteiger partial charge in [0.25, 0.3) is 0 Å². The van der Waals surface area contributed by atoms with Crippen LogP contribution in [0.1, 0.15) is 30.4 Å². The highest BCUT2D eigenvalue weighted by molar-refractivity contribution is 5.39. The van der Waals surface area contributed by atoms with E-state index in [-0.39, 0.29) is 0 Å². The molecule has 1 aliphatic rings. The molecule has 0 aromatic heterocycles. The van der Waals surface area contributed by atoms with Crippen molar-refractivity contribution in [3.63, 3.8) is 0 Å². The SMILES string of the molecule is CCNC(CC1Cc2ccccc21)CN(C)C. The van der Waals surface area contributed by atoms with E-state index in [4.69, 9.17) is 0 Å². The van der Waals surface area contributed by atoms with Gasteiger partial charge in [0.15, 0.2) is 0 Å². The van der Waals surface area contributed by atoms with Gasteiger partial charge >= 0.3 is 0 Å². The lowest BCUT2D eigenvalue weighted by molar-refractivity contribution is 0.311. The van der Waals surface area contributed by atoms with Crippen LogP contribution in [0.2, 0.25) is 0 Å². The molecule has 2 unspecified atom stereocenters. The number of fused-ring (bicyclic) bond motifs is 1. The number of hydrogen-bond donors (Lipinski definition) is 1. The third kappa shape index (κ3) is 3.08. The quantitative estimate of drug-likeness (QED) is 0.809. The zero-order chi connectivity index (χ0) is 12.3. The predicted octanol–water partition coefficient (Wildman–Crippen LogP) is 2.26. The lowest BCUT2D eigenvalue weighted by atomic mass is 9.74. The molecular weight excluding hydrogens is 208 g/mol. The van der Waals surface area contributed by atoms with E-state index in [2.05, 4.69) is 55.5 Å². The van der Waals surface area contributed by atoms with Gasteiger partial charge in [0, 0.05) is 12.6 Å². The number of hydrogen-bond acceptors (Lipinski definition) is 2. The van der Waals surface area contributed by atoms with Crippen LogP contribution in [0.5, 0.6) is 0 Å². The van der Waals surface area contributed by atoms with Crippen molar-refractivity contribution < 1.29 is 0 Å². The lowest BCUT2D eigenvalue weighted by Crippen LogP contribution is -2.40. The standard InChI is InChI=1S/C15H24N2/c1-4-16-14(11-17(2)3)10-13-9-12-7-5-6-8-15(12)13/h5-8,13-14,16H,4,9-11H2,1-3H3. The zero-order valence-electron chi connectivity index (χ0n) is 11.2. The van der Waals surface area contributed by atoms with E-state index in [1.54, 1.807) is 11.1 Å². The minimum absolute atomic E-state index is 0.619. The van der Waals surface area contributed by atoms with Crippen molar-refractivity contribution in [3.8, 4) is 0 Å². The number of benzene rings is 1. The van der Waals surface area contributed by atoms with Crippen LogP contribution in [0.25, 0.3) is 0 Å². The molecule has 2 atom stereocenters.